The van der Waals surface area contributed by atoms with Crippen molar-refractivity contribution < 1.29 is 28.4 Å². The maximum Gasteiger partial charge on any atom is 0.328 e. The van der Waals surface area contributed by atoms with Crippen LogP contribution in [0.3, 0.4) is 0 Å². The topological polar surface area (TPSA) is 126 Å². The van der Waals surface area contributed by atoms with E-state index in [4.69, 9.17) is 4.42 Å². The summed E-state index contributed by atoms with van der Waals surface area (Å²) in [6.07, 6.45) is 1.21. The van der Waals surface area contributed by atoms with E-state index in [0.717, 1.165) is 4.90 Å². The van der Waals surface area contributed by atoms with E-state index in [-0.39, 0.29) is 29.7 Å². The molecule has 0 bridgehead atoms. The van der Waals surface area contributed by atoms with Crippen LogP contribution in [0.25, 0.3) is 17.4 Å². The number of carbonyl (C=O) groups is 5. The summed E-state index contributed by atoms with van der Waals surface area (Å²) < 4.78 is 5.64. The molecular weight excluding hydrogens is 366 g/mol. The Hall–Kier alpha value is -4.01. The van der Waals surface area contributed by atoms with Crippen LogP contribution in [0.4, 0.5) is 4.79 Å². The first-order valence-corrected chi connectivity index (χ1v) is 8.38. The summed E-state index contributed by atoms with van der Waals surface area (Å²) >= 11 is 0. The SMILES string of the molecule is CCN1C(=O)c2ccc(-c3ccc(C=C4C(=O)NC(=O)NC4=O)o3)cc2C1=O. The minimum Gasteiger partial charge on any atom is -0.457 e. The number of benzene rings is 1. The second-order valence-electron chi connectivity index (χ2n) is 6.11. The fourth-order valence-corrected chi connectivity index (χ4v) is 3.07. The van der Waals surface area contributed by atoms with Gasteiger partial charge in [0.15, 0.2) is 0 Å². The Morgan fingerprint density at radius 2 is 1.61 bits per heavy atom. The quantitative estimate of drug-likeness (QED) is 0.470. The van der Waals surface area contributed by atoms with Gasteiger partial charge in [-0.05, 0) is 37.3 Å². The fraction of sp³-hybridized carbons (Fsp3) is 0.105. The second kappa shape index (κ2) is 6.31. The molecule has 1 saturated heterocycles. The zero-order valence-corrected chi connectivity index (χ0v) is 14.6. The highest BCUT2D eigenvalue weighted by molar-refractivity contribution is 6.31. The number of nitrogens with zero attached hydrogens (tertiary/aromatic N) is 1. The average molecular weight is 379 g/mol. The molecular formula is C19H13N3O6. The third kappa shape index (κ3) is 2.69. The van der Waals surface area contributed by atoms with E-state index >= 15 is 0 Å². The maximum absolute atomic E-state index is 12.3. The van der Waals surface area contributed by atoms with Crippen molar-refractivity contribution in [3.63, 3.8) is 0 Å². The van der Waals surface area contributed by atoms with Crippen molar-refractivity contribution in [1.82, 2.24) is 15.5 Å². The van der Waals surface area contributed by atoms with Gasteiger partial charge in [0.05, 0.1) is 11.1 Å². The second-order valence-corrected chi connectivity index (χ2v) is 6.11. The third-order valence-electron chi connectivity index (χ3n) is 4.43. The van der Waals surface area contributed by atoms with E-state index < -0.39 is 17.8 Å². The molecule has 2 aliphatic heterocycles. The lowest BCUT2D eigenvalue weighted by molar-refractivity contribution is -0.123. The van der Waals surface area contributed by atoms with Crippen molar-refractivity contribution in [1.29, 1.82) is 0 Å². The predicted octanol–water partition coefficient (Wildman–Crippen LogP) is 1.31. The molecule has 3 heterocycles. The van der Waals surface area contributed by atoms with Gasteiger partial charge in [-0.15, -0.1) is 0 Å². The van der Waals surface area contributed by atoms with Gasteiger partial charge in [-0.1, -0.05) is 6.07 Å². The maximum atomic E-state index is 12.3. The van der Waals surface area contributed by atoms with Crippen molar-refractivity contribution in [3.05, 3.63) is 52.8 Å². The van der Waals surface area contributed by atoms with Gasteiger partial charge in [0.2, 0.25) is 0 Å². The Morgan fingerprint density at radius 3 is 2.29 bits per heavy atom. The van der Waals surface area contributed by atoms with Crippen molar-refractivity contribution >= 4 is 35.7 Å². The zero-order chi connectivity index (χ0) is 20.0. The molecule has 9 nitrogen and oxygen atoms in total. The Labute approximate surface area is 158 Å². The summed E-state index contributed by atoms with van der Waals surface area (Å²) in [6, 6.07) is 7.05. The summed E-state index contributed by atoms with van der Waals surface area (Å²) in [7, 11) is 0. The number of imide groups is 3. The number of urea groups is 1. The fourth-order valence-electron chi connectivity index (χ4n) is 3.07. The first-order valence-electron chi connectivity index (χ1n) is 8.38. The normalized spacial score (nSPS) is 16.2. The summed E-state index contributed by atoms with van der Waals surface area (Å²) in [5.41, 5.74) is 0.930. The number of hydrogen-bond acceptors (Lipinski definition) is 6. The van der Waals surface area contributed by atoms with E-state index in [1.54, 1.807) is 31.2 Å². The molecule has 1 aromatic carbocycles. The van der Waals surface area contributed by atoms with Gasteiger partial charge in [0.1, 0.15) is 17.1 Å². The number of barbiturate groups is 1. The Morgan fingerprint density at radius 1 is 0.929 bits per heavy atom. The third-order valence-corrected chi connectivity index (χ3v) is 4.43. The predicted molar refractivity (Wildman–Crippen MR) is 94.8 cm³/mol. The van der Waals surface area contributed by atoms with Gasteiger partial charge in [-0.2, -0.15) is 0 Å². The molecule has 4 rings (SSSR count). The van der Waals surface area contributed by atoms with Crippen molar-refractivity contribution in [2.75, 3.05) is 6.54 Å². The van der Waals surface area contributed by atoms with Crippen LogP contribution < -0.4 is 10.6 Å². The van der Waals surface area contributed by atoms with E-state index in [1.165, 1.54) is 12.1 Å². The zero-order valence-electron chi connectivity index (χ0n) is 14.6. The first-order chi connectivity index (χ1) is 13.4. The molecule has 0 aliphatic carbocycles. The average Bonchev–Trinajstić information content (AvgIpc) is 3.21. The molecule has 2 N–H and O–H groups in total. The summed E-state index contributed by atoms with van der Waals surface area (Å²) in [5, 5.41) is 3.94. The van der Waals surface area contributed by atoms with Crippen molar-refractivity contribution in [3.8, 4) is 11.3 Å². The molecule has 2 aliphatic rings. The Balaban J connectivity index is 1.65. The number of amides is 6. The van der Waals surface area contributed by atoms with Gasteiger partial charge < -0.3 is 4.42 Å². The number of rotatable bonds is 3. The highest BCUT2D eigenvalue weighted by Gasteiger charge is 2.34. The van der Waals surface area contributed by atoms with Crippen LogP contribution in [0.1, 0.15) is 33.4 Å². The largest absolute Gasteiger partial charge is 0.457 e. The molecule has 0 unspecified atom stereocenters. The number of fused-ring (bicyclic) bond motifs is 1. The number of carbonyl (C=O) groups excluding carboxylic acids is 5. The van der Waals surface area contributed by atoms with Crippen LogP contribution in [0.2, 0.25) is 0 Å². The van der Waals surface area contributed by atoms with Crippen LogP contribution in [-0.4, -0.2) is 41.1 Å². The van der Waals surface area contributed by atoms with Crippen molar-refractivity contribution in [2.45, 2.75) is 6.92 Å². The number of nitrogens with one attached hydrogen (secondary N) is 2. The van der Waals surface area contributed by atoms with Gasteiger partial charge in [0, 0.05) is 12.1 Å². The highest BCUT2D eigenvalue weighted by Crippen LogP contribution is 2.30. The summed E-state index contributed by atoms with van der Waals surface area (Å²) in [6.45, 7) is 2.01. The van der Waals surface area contributed by atoms with Crippen molar-refractivity contribution in [2.24, 2.45) is 0 Å². The van der Waals surface area contributed by atoms with Crippen LogP contribution in [0.15, 0.2) is 40.3 Å². The van der Waals surface area contributed by atoms with Gasteiger partial charge in [0.25, 0.3) is 23.6 Å². The van der Waals surface area contributed by atoms with E-state index in [1.807, 2.05) is 10.6 Å². The molecule has 9 heteroatoms. The molecule has 2 aromatic rings. The van der Waals surface area contributed by atoms with Gasteiger partial charge in [-0.25, -0.2) is 4.79 Å². The lowest BCUT2D eigenvalue weighted by Gasteiger charge is -2.13. The van der Waals surface area contributed by atoms with E-state index in [9.17, 15) is 24.0 Å². The first kappa shape index (κ1) is 17.4. The summed E-state index contributed by atoms with van der Waals surface area (Å²) in [5.74, 6) is -1.75. The summed E-state index contributed by atoms with van der Waals surface area (Å²) in [4.78, 5) is 60.3. The molecule has 1 fully saturated rings. The molecule has 1 aromatic heterocycles. The standard InChI is InChI=1S/C19H13N3O6/c1-2-22-17(25)11-5-3-9(7-12(11)18(22)26)14-6-4-10(28-14)8-13-15(23)20-19(27)21-16(13)24/h3-8H,2H2,1H3,(H2,20,21,23,24,27). The smallest absolute Gasteiger partial charge is 0.328 e. The number of hydrogen-bond donors (Lipinski definition) is 2. The number of furan rings is 1. The molecule has 140 valence electrons. The van der Waals surface area contributed by atoms with Crippen LogP contribution >= 0.6 is 0 Å². The Kier molecular flexibility index (Phi) is 3.92. The Bertz CT molecular complexity index is 1090. The van der Waals surface area contributed by atoms with E-state index in [2.05, 4.69) is 0 Å². The molecule has 0 spiro atoms. The van der Waals surface area contributed by atoms with Gasteiger partial charge in [-0.3, -0.25) is 34.7 Å². The molecule has 0 radical (unpaired) electrons. The molecule has 0 saturated carbocycles. The lowest BCUT2D eigenvalue weighted by atomic mass is 10.0. The van der Waals surface area contributed by atoms with Crippen LogP contribution in [0.5, 0.6) is 0 Å². The monoisotopic (exact) mass is 379 g/mol. The molecule has 0 atom stereocenters. The highest BCUT2D eigenvalue weighted by atomic mass is 16.3. The van der Waals surface area contributed by atoms with E-state index in [0.29, 0.717) is 22.5 Å². The molecule has 6 amide bonds. The van der Waals surface area contributed by atoms with Crippen LogP contribution in [0, 0.1) is 0 Å². The minimum atomic E-state index is -0.884. The molecule has 28 heavy (non-hydrogen) atoms. The lowest BCUT2D eigenvalue weighted by Crippen LogP contribution is -2.51. The minimum absolute atomic E-state index is 0.211. The van der Waals surface area contributed by atoms with Gasteiger partial charge >= 0.3 is 6.03 Å². The van der Waals surface area contributed by atoms with Crippen LogP contribution in [-0.2, 0) is 9.59 Å².